The molecule has 0 amide bonds. The number of hydrogen-bond donors (Lipinski definition) is 0. The Bertz CT molecular complexity index is 574. The highest BCUT2D eigenvalue weighted by Gasteiger charge is 2.41. The second-order valence-corrected chi connectivity index (χ2v) is 11.5. The molecule has 11 heteroatoms. The Morgan fingerprint density at radius 2 is 1.60 bits per heavy atom. The Labute approximate surface area is 184 Å². The molecule has 2 saturated heterocycles. The summed E-state index contributed by atoms with van der Waals surface area (Å²) in [6.45, 7) is 2.78. The van der Waals surface area contributed by atoms with E-state index in [1.165, 1.54) is 19.3 Å². The smallest absolute Gasteiger partial charge is 0.345 e. The van der Waals surface area contributed by atoms with Crippen LogP contribution in [0.2, 0.25) is 0 Å². The molecule has 2 aliphatic heterocycles. The standard InChI is InChI=1S/C19H36B2N3O5P/c1-22(2)30(25,27-14-16-9-23(3)11-18(20)28-16)24-10-17(29-19(21)12-24)13-26-15-7-5-4-6-8-15/h15-19H,4-14H2,1-3H3. The molecule has 5 unspecified atom stereocenters. The first kappa shape index (κ1) is 24.7. The first-order valence-corrected chi connectivity index (χ1v) is 12.6. The fourth-order valence-electron chi connectivity index (χ4n) is 4.41. The highest BCUT2D eigenvalue weighted by molar-refractivity contribution is 7.53. The molecule has 0 aromatic carbocycles. The van der Waals surface area contributed by atoms with E-state index in [-0.39, 0.29) is 30.9 Å². The van der Waals surface area contributed by atoms with Gasteiger partial charge in [0, 0.05) is 38.2 Å². The summed E-state index contributed by atoms with van der Waals surface area (Å²) < 4.78 is 41.0. The average molecular weight is 439 g/mol. The van der Waals surface area contributed by atoms with Crippen LogP contribution in [0.4, 0.5) is 0 Å². The van der Waals surface area contributed by atoms with Crippen LogP contribution in [0.5, 0.6) is 0 Å². The SMILES string of the molecule is [B]C1CN(C)CC(COP(=O)(N(C)C)N2CC([B])OC(COC3CCCCC3)C2)O1. The van der Waals surface area contributed by atoms with Crippen molar-refractivity contribution >= 4 is 23.4 Å². The van der Waals surface area contributed by atoms with Gasteiger partial charge < -0.3 is 23.6 Å². The number of ether oxygens (including phenoxy) is 3. The number of hydrogen-bond acceptors (Lipinski definition) is 6. The van der Waals surface area contributed by atoms with Crippen LogP contribution >= 0.6 is 7.67 Å². The molecular weight excluding hydrogens is 403 g/mol. The predicted octanol–water partition coefficient (Wildman–Crippen LogP) is 1.04. The quantitative estimate of drug-likeness (QED) is 0.411. The molecule has 168 valence electrons. The number of morpholine rings is 2. The lowest BCUT2D eigenvalue weighted by atomic mass is 9.97. The van der Waals surface area contributed by atoms with E-state index in [4.69, 9.17) is 34.4 Å². The molecule has 1 saturated carbocycles. The molecule has 8 nitrogen and oxygen atoms in total. The molecule has 3 fully saturated rings. The highest BCUT2D eigenvalue weighted by atomic mass is 31.2. The van der Waals surface area contributed by atoms with Crippen LogP contribution in [-0.4, -0.2) is 121 Å². The van der Waals surface area contributed by atoms with Gasteiger partial charge in [-0.05, 0) is 34.0 Å². The Balaban J connectivity index is 1.57. The van der Waals surface area contributed by atoms with E-state index >= 15 is 0 Å². The van der Waals surface area contributed by atoms with Gasteiger partial charge in [-0.15, -0.1) is 0 Å². The van der Waals surface area contributed by atoms with Crippen LogP contribution in [0.15, 0.2) is 0 Å². The van der Waals surface area contributed by atoms with E-state index < -0.39 is 13.7 Å². The van der Waals surface area contributed by atoms with Crippen LogP contribution in [0.1, 0.15) is 32.1 Å². The van der Waals surface area contributed by atoms with E-state index in [0.29, 0.717) is 32.8 Å². The van der Waals surface area contributed by atoms with Crippen molar-refractivity contribution in [3.05, 3.63) is 0 Å². The molecule has 5 atom stereocenters. The minimum atomic E-state index is -3.29. The molecule has 1 aliphatic carbocycles. The van der Waals surface area contributed by atoms with Crippen molar-refractivity contribution in [3.63, 3.8) is 0 Å². The second-order valence-electron chi connectivity index (χ2n) is 8.91. The van der Waals surface area contributed by atoms with Gasteiger partial charge in [-0.3, -0.25) is 4.57 Å². The summed E-state index contributed by atoms with van der Waals surface area (Å²) in [6, 6.07) is -0.907. The van der Waals surface area contributed by atoms with Gasteiger partial charge in [-0.25, -0.2) is 9.34 Å². The summed E-state index contributed by atoms with van der Waals surface area (Å²) in [4.78, 5) is 2.09. The zero-order chi connectivity index (χ0) is 21.7. The van der Waals surface area contributed by atoms with Crippen molar-refractivity contribution in [2.75, 3.05) is 60.5 Å². The monoisotopic (exact) mass is 439 g/mol. The maximum atomic E-state index is 13.8. The maximum absolute atomic E-state index is 13.8. The van der Waals surface area contributed by atoms with Gasteiger partial charge in [0.2, 0.25) is 0 Å². The average Bonchev–Trinajstić information content (AvgIpc) is 2.70. The normalized spacial score (nSPS) is 34.8. The van der Waals surface area contributed by atoms with Gasteiger partial charge in [0.05, 0.1) is 31.5 Å². The molecule has 4 radical (unpaired) electrons. The molecule has 2 heterocycles. The first-order chi connectivity index (χ1) is 14.3. The zero-order valence-electron chi connectivity index (χ0n) is 18.6. The summed E-state index contributed by atoms with van der Waals surface area (Å²) in [7, 11) is 14.3. The Morgan fingerprint density at radius 1 is 0.967 bits per heavy atom. The summed E-state index contributed by atoms with van der Waals surface area (Å²) in [6.07, 6.45) is 5.73. The lowest BCUT2D eigenvalue weighted by molar-refractivity contribution is -0.0938. The molecule has 0 aromatic rings. The van der Waals surface area contributed by atoms with Crippen molar-refractivity contribution in [2.24, 2.45) is 0 Å². The Morgan fingerprint density at radius 3 is 2.23 bits per heavy atom. The number of rotatable bonds is 8. The van der Waals surface area contributed by atoms with Gasteiger partial charge in [0.25, 0.3) is 0 Å². The van der Waals surface area contributed by atoms with Crippen molar-refractivity contribution in [1.29, 1.82) is 0 Å². The third kappa shape index (κ3) is 6.79. The third-order valence-corrected chi connectivity index (χ3v) is 8.45. The molecule has 0 N–H and O–H groups in total. The van der Waals surface area contributed by atoms with E-state index in [1.807, 2.05) is 11.7 Å². The molecule has 3 aliphatic rings. The van der Waals surface area contributed by atoms with Crippen LogP contribution in [0, 0.1) is 0 Å². The summed E-state index contributed by atoms with van der Waals surface area (Å²) in [5, 5.41) is 0. The zero-order valence-corrected chi connectivity index (χ0v) is 19.5. The van der Waals surface area contributed by atoms with Crippen LogP contribution in [0.25, 0.3) is 0 Å². The topological polar surface area (TPSA) is 63.7 Å². The van der Waals surface area contributed by atoms with Crippen molar-refractivity contribution in [2.45, 2.75) is 62.4 Å². The fraction of sp³-hybridized carbons (Fsp3) is 1.00. The molecule has 30 heavy (non-hydrogen) atoms. The fourth-order valence-corrected chi connectivity index (χ4v) is 6.43. The van der Waals surface area contributed by atoms with Crippen LogP contribution < -0.4 is 0 Å². The molecule has 0 bridgehead atoms. The van der Waals surface area contributed by atoms with E-state index in [1.54, 1.807) is 18.8 Å². The van der Waals surface area contributed by atoms with Crippen molar-refractivity contribution in [3.8, 4) is 0 Å². The van der Waals surface area contributed by atoms with Gasteiger partial charge in [0.1, 0.15) is 15.7 Å². The lowest BCUT2D eigenvalue weighted by Gasteiger charge is -2.43. The molecule has 3 rings (SSSR count). The number of likely N-dealkylation sites (N-methyl/N-ethyl adjacent to an activating group) is 1. The molecule has 0 aromatic heterocycles. The maximum Gasteiger partial charge on any atom is 0.345 e. The van der Waals surface area contributed by atoms with E-state index in [0.717, 1.165) is 12.8 Å². The lowest BCUT2D eigenvalue weighted by Crippen LogP contribution is -2.51. The third-order valence-electron chi connectivity index (χ3n) is 5.91. The molecule has 0 spiro atoms. The van der Waals surface area contributed by atoms with Gasteiger partial charge in [0.15, 0.2) is 0 Å². The minimum Gasteiger partial charge on any atom is -0.380 e. The minimum absolute atomic E-state index is 0.198. The second kappa shape index (κ2) is 11.3. The number of nitrogens with zero attached hydrogens (tertiary/aromatic N) is 3. The van der Waals surface area contributed by atoms with Gasteiger partial charge in [-0.2, -0.15) is 0 Å². The van der Waals surface area contributed by atoms with Crippen LogP contribution in [0.3, 0.4) is 0 Å². The highest BCUT2D eigenvalue weighted by Crippen LogP contribution is 2.53. The van der Waals surface area contributed by atoms with Gasteiger partial charge in [-0.1, -0.05) is 19.3 Å². The van der Waals surface area contributed by atoms with Crippen LogP contribution in [-0.2, 0) is 23.3 Å². The Hall–Kier alpha value is 0.0799. The summed E-state index contributed by atoms with van der Waals surface area (Å²) in [5.74, 6) is 0. The van der Waals surface area contributed by atoms with Gasteiger partial charge >= 0.3 is 7.67 Å². The predicted molar refractivity (Wildman–Crippen MR) is 118 cm³/mol. The first-order valence-electron chi connectivity index (χ1n) is 11.1. The summed E-state index contributed by atoms with van der Waals surface area (Å²) >= 11 is 0. The van der Waals surface area contributed by atoms with E-state index in [2.05, 4.69) is 4.90 Å². The summed E-state index contributed by atoms with van der Waals surface area (Å²) in [5.41, 5.74) is 0. The largest absolute Gasteiger partial charge is 0.380 e. The van der Waals surface area contributed by atoms with E-state index in [9.17, 15) is 4.57 Å². The van der Waals surface area contributed by atoms with Crippen molar-refractivity contribution in [1.82, 2.24) is 14.2 Å². The van der Waals surface area contributed by atoms with Crippen molar-refractivity contribution < 1.29 is 23.3 Å². The Kier molecular flexibility index (Phi) is 9.30. The molecular formula is C19H36B2N3O5P.